The van der Waals surface area contributed by atoms with Crippen LogP contribution >= 0.6 is 11.6 Å². The summed E-state index contributed by atoms with van der Waals surface area (Å²) < 4.78 is 18.2. The van der Waals surface area contributed by atoms with Crippen molar-refractivity contribution in [1.82, 2.24) is 0 Å². The quantitative estimate of drug-likeness (QED) is 0.848. The maximum Gasteiger partial charge on any atom is 0.338 e. The van der Waals surface area contributed by atoms with Gasteiger partial charge in [-0.2, -0.15) is 0 Å². The highest BCUT2D eigenvalue weighted by Gasteiger charge is 2.12. The minimum atomic E-state index is -0.780. The smallest absolute Gasteiger partial charge is 0.338 e. The maximum absolute atomic E-state index is 13.4. The first-order chi connectivity index (χ1) is 10.5. The Labute approximate surface area is 130 Å². The van der Waals surface area contributed by atoms with Crippen molar-refractivity contribution in [1.29, 1.82) is 0 Å². The summed E-state index contributed by atoms with van der Waals surface area (Å²) in [6.07, 6.45) is 0. The molecule has 0 radical (unpaired) electrons. The van der Waals surface area contributed by atoms with E-state index >= 15 is 0 Å². The van der Waals surface area contributed by atoms with Gasteiger partial charge in [-0.1, -0.05) is 17.7 Å². The highest BCUT2D eigenvalue weighted by atomic mass is 35.5. The molecular weight excluding hydrogens is 313 g/mol. The van der Waals surface area contributed by atoms with E-state index in [1.807, 2.05) is 0 Å². The third kappa shape index (κ3) is 4.20. The fourth-order valence-corrected chi connectivity index (χ4v) is 1.80. The fourth-order valence-electron chi connectivity index (χ4n) is 1.63. The molecule has 0 heterocycles. The molecule has 0 aliphatic heterocycles. The van der Waals surface area contributed by atoms with Crippen molar-refractivity contribution in [2.45, 2.75) is 0 Å². The standard InChI is InChI=1S/C15H11ClFNO4/c16-10-4-5-12(17)13(7-10)18-14(20)8-22-15(21)9-2-1-3-11(19)6-9/h1-7,19H,8H2,(H,18,20). The van der Waals surface area contributed by atoms with Gasteiger partial charge in [0.25, 0.3) is 5.91 Å². The highest BCUT2D eigenvalue weighted by molar-refractivity contribution is 6.30. The summed E-state index contributed by atoms with van der Waals surface area (Å²) in [6, 6.07) is 9.18. The topological polar surface area (TPSA) is 75.6 Å². The molecule has 2 aromatic rings. The van der Waals surface area contributed by atoms with Crippen LogP contribution in [0.1, 0.15) is 10.4 Å². The Morgan fingerprint density at radius 3 is 2.73 bits per heavy atom. The Kier molecular flexibility index (Phi) is 4.95. The van der Waals surface area contributed by atoms with Crippen LogP contribution in [0.5, 0.6) is 5.75 Å². The lowest BCUT2D eigenvalue weighted by atomic mass is 10.2. The number of esters is 1. The van der Waals surface area contributed by atoms with E-state index in [0.717, 1.165) is 6.07 Å². The van der Waals surface area contributed by atoms with E-state index in [0.29, 0.717) is 0 Å². The first kappa shape index (κ1) is 15.8. The van der Waals surface area contributed by atoms with Crippen LogP contribution < -0.4 is 5.32 Å². The van der Waals surface area contributed by atoms with Crippen LogP contribution in [0, 0.1) is 5.82 Å². The van der Waals surface area contributed by atoms with Crippen molar-refractivity contribution >= 4 is 29.2 Å². The molecule has 2 rings (SSSR count). The maximum atomic E-state index is 13.4. The molecule has 0 atom stereocenters. The van der Waals surface area contributed by atoms with Crippen LogP contribution in [-0.2, 0) is 9.53 Å². The predicted molar refractivity (Wildman–Crippen MR) is 78.4 cm³/mol. The second kappa shape index (κ2) is 6.91. The van der Waals surface area contributed by atoms with Gasteiger partial charge in [0, 0.05) is 5.02 Å². The zero-order valence-electron chi connectivity index (χ0n) is 11.2. The minimum absolute atomic E-state index is 0.0973. The van der Waals surface area contributed by atoms with Gasteiger partial charge in [0.2, 0.25) is 0 Å². The molecule has 0 unspecified atom stereocenters. The number of carbonyl (C=O) groups excluding carboxylic acids is 2. The van der Waals surface area contributed by atoms with Gasteiger partial charge in [0.05, 0.1) is 11.3 Å². The molecule has 0 aliphatic carbocycles. The molecule has 0 spiro atoms. The molecule has 0 fully saturated rings. The lowest BCUT2D eigenvalue weighted by Crippen LogP contribution is -2.21. The van der Waals surface area contributed by atoms with Crippen molar-refractivity contribution in [3.63, 3.8) is 0 Å². The van der Waals surface area contributed by atoms with Crippen molar-refractivity contribution in [2.75, 3.05) is 11.9 Å². The molecule has 1 amide bonds. The van der Waals surface area contributed by atoms with E-state index in [1.54, 1.807) is 0 Å². The van der Waals surface area contributed by atoms with E-state index in [1.165, 1.54) is 36.4 Å². The normalized spacial score (nSPS) is 10.1. The van der Waals surface area contributed by atoms with Crippen LogP contribution in [0.2, 0.25) is 5.02 Å². The van der Waals surface area contributed by atoms with Gasteiger partial charge in [-0.05, 0) is 36.4 Å². The number of nitrogens with one attached hydrogen (secondary N) is 1. The Morgan fingerprint density at radius 2 is 2.00 bits per heavy atom. The summed E-state index contributed by atoms with van der Waals surface area (Å²) in [4.78, 5) is 23.3. The van der Waals surface area contributed by atoms with Crippen molar-refractivity contribution in [3.05, 3.63) is 58.9 Å². The zero-order valence-corrected chi connectivity index (χ0v) is 11.9. The zero-order chi connectivity index (χ0) is 16.1. The lowest BCUT2D eigenvalue weighted by Gasteiger charge is -2.08. The van der Waals surface area contributed by atoms with E-state index in [4.69, 9.17) is 16.3 Å². The second-order valence-electron chi connectivity index (χ2n) is 4.30. The predicted octanol–water partition coefficient (Wildman–Crippen LogP) is 2.98. The largest absolute Gasteiger partial charge is 0.508 e. The molecule has 0 bridgehead atoms. The van der Waals surface area contributed by atoms with Crippen LogP contribution in [0.4, 0.5) is 10.1 Å². The van der Waals surface area contributed by atoms with E-state index in [2.05, 4.69) is 5.32 Å². The SMILES string of the molecule is O=C(COC(=O)c1cccc(O)c1)Nc1cc(Cl)ccc1F. The molecule has 0 saturated carbocycles. The highest BCUT2D eigenvalue weighted by Crippen LogP contribution is 2.19. The molecule has 2 aromatic carbocycles. The molecule has 114 valence electrons. The van der Waals surface area contributed by atoms with E-state index in [9.17, 15) is 19.1 Å². The number of hydrogen-bond acceptors (Lipinski definition) is 4. The average Bonchev–Trinajstić information content (AvgIpc) is 2.48. The monoisotopic (exact) mass is 323 g/mol. The Hall–Kier alpha value is -2.60. The first-order valence-electron chi connectivity index (χ1n) is 6.17. The number of hydrogen-bond donors (Lipinski definition) is 2. The fraction of sp³-hybridized carbons (Fsp3) is 0.0667. The summed E-state index contributed by atoms with van der Waals surface area (Å²) in [6.45, 7) is -0.597. The average molecular weight is 324 g/mol. The Morgan fingerprint density at radius 1 is 1.23 bits per heavy atom. The second-order valence-corrected chi connectivity index (χ2v) is 4.74. The van der Waals surface area contributed by atoms with Crippen molar-refractivity contribution in [3.8, 4) is 5.75 Å². The number of anilines is 1. The number of rotatable bonds is 4. The number of benzene rings is 2. The molecule has 22 heavy (non-hydrogen) atoms. The van der Waals surface area contributed by atoms with Crippen LogP contribution in [0.15, 0.2) is 42.5 Å². The Bertz CT molecular complexity index is 720. The van der Waals surface area contributed by atoms with Crippen molar-refractivity contribution < 1.29 is 23.8 Å². The number of phenolic OH excluding ortho intramolecular Hbond substituents is 1. The summed E-state index contributed by atoms with van der Waals surface area (Å²) in [5.41, 5.74) is -0.00681. The molecular formula is C15H11ClFNO4. The van der Waals surface area contributed by atoms with Gasteiger partial charge in [-0.25, -0.2) is 9.18 Å². The van der Waals surface area contributed by atoms with Crippen LogP contribution in [-0.4, -0.2) is 23.6 Å². The number of phenols is 1. The van der Waals surface area contributed by atoms with Gasteiger partial charge >= 0.3 is 5.97 Å². The van der Waals surface area contributed by atoms with Gasteiger partial charge < -0.3 is 15.2 Å². The minimum Gasteiger partial charge on any atom is -0.508 e. The molecule has 5 nitrogen and oxygen atoms in total. The third-order valence-corrected chi connectivity index (χ3v) is 2.85. The Balaban J connectivity index is 1.93. The number of amides is 1. The summed E-state index contributed by atoms with van der Waals surface area (Å²) in [5.74, 6) is -2.25. The van der Waals surface area contributed by atoms with Gasteiger partial charge in [-0.3, -0.25) is 4.79 Å². The summed E-state index contributed by atoms with van der Waals surface area (Å²) >= 11 is 5.70. The van der Waals surface area contributed by atoms with Gasteiger partial charge in [0.15, 0.2) is 6.61 Å². The number of aromatic hydroxyl groups is 1. The number of halogens is 2. The molecule has 2 N–H and O–H groups in total. The van der Waals surface area contributed by atoms with E-state index in [-0.39, 0.29) is 22.0 Å². The number of carbonyl (C=O) groups is 2. The lowest BCUT2D eigenvalue weighted by molar-refractivity contribution is -0.119. The van der Waals surface area contributed by atoms with E-state index < -0.39 is 24.3 Å². The van der Waals surface area contributed by atoms with Gasteiger partial charge in [0.1, 0.15) is 11.6 Å². The molecule has 7 heteroatoms. The third-order valence-electron chi connectivity index (χ3n) is 2.62. The summed E-state index contributed by atoms with van der Waals surface area (Å²) in [5, 5.41) is 11.8. The van der Waals surface area contributed by atoms with Gasteiger partial charge in [-0.15, -0.1) is 0 Å². The molecule has 0 saturated heterocycles. The van der Waals surface area contributed by atoms with Crippen LogP contribution in [0.3, 0.4) is 0 Å². The summed E-state index contributed by atoms with van der Waals surface area (Å²) in [7, 11) is 0. The first-order valence-corrected chi connectivity index (χ1v) is 6.54. The van der Waals surface area contributed by atoms with Crippen molar-refractivity contribution in [2.24, 2.45) is 0 Å². The molecule has 0 aromatic heterocycles. The molecule has 0 aliphatic rings. The van der Waals surface area contributed by atoms with Crippen LogP contribution in [0.25, 0.3) is 0 Å². The number of ether oxygens (including phenoxy) is 1.